The molecule has 1 amide bonds. The summed E-state index contributed by atoms with van der Waals surface area (Å²) < 4.78 is 3.97. The lowest BCUT2D eigenvalue weighted by Crippen LogP contribution is -3.00. The van der Waals surface area contributed by atoms with Crippen LogP contribution >= 0.6 is 0 Å². The maximum absolute atomic E-state index is 12.1. The largest absolute Gasteiger partial charge is 1.00 e. The Hall–Kier alpha value is -2.33. The fraction of sp³-hybridized carbons (Fsp3) is 0.125. The predicted molar refractivity (Wildman–Crippen MR) is 78.2 cm³/mol. The molecule has 1 heterocycles. The molecule has 21 heavy (non-hydrogen) atoms. The van der Waals surface area contributed by atoms with Crippen molar-refractivity contribution in [3.8, 4) is 0 Å². The van der Waals surface area contributed by atoms with Gasteiger partial charge >= 0.3 is 0 Å². The van der Waals surface area contributed by atoms with E-state index >= 15 is 0 Å². The van der Waals surface area contributed by atoms with E-state index in [9.17, 15) is 4.79 Å². The van der Waals surface area contributed by atoms with Gasteiger partial charge in [0, 0.05) is 5.69 Å². The van der Waals surface area contributed by atoms with Crippen LogP contribution in [0, 0.1) is 0 Å². The lowest BCUT2D eigenvalue weighted by atomic mass is 10.3. The highest BCUT2D eigenvalue weighted by Crippen LogP contribution is 2.11. The molecular weight excluding hydrogens is 286 g/mol. The van der Waals surface area contributed by atoms with E-state index in [0.29, 0.717) is 6.54 Å². The molecule has 0 bridgehead atoms. The number of benzene rings is 2. The summed E-state index contributed by atoms with van der Waals surface area (Å²) in [5.41, 5.74) is 2.98. The number of carbonyl (C=O) groups excluding carboxylic acids is 1. The van der Waals surface area contributed by atoms with E-state index in [1.807, 2.05) is 77.1 Å². The quantitative estimate of drug-likeness (QED) is 0.626. The van der Waals surface area contributed by atoms with Crippen LogP contribution in [0.4, 0.5) is 5.69 Å². The molecule has 0 saturated heterocycles. The Morgan fingerprint density at radius 3 is 2.52 bits per heavy atom. The number of fused-ring (bicyclic) bond motifs is 1. The van der Waals surface area contributed by atoms with E-state index in [4.69, 9.17) is 0 Å². The average molecular weight is 302 g/mol. The van der Waals surface area contributed by atoms with Crippen molar-refractivity contribution in [2.45, 2.75) is 6.54 Å². The second-order valence-corrected chi connectivity index (χ2v) is 4.76. The summed E-state index contributed by atoms with van der Waals surface area (Å²) >= 11 is 0. The first-order valence-electron chi connectivity index (χ1n) is 6.52. The summed E-state index contributed by atoms with van der Waals surface area (Å²) in [5, 5.41) is 2.90. The maximum atomic E-state index is 12.1. The Balaban J connectivity index is 0.00000161. The Morgan fingerprint density at radius 1 is 1.10 bits per heavy atom. The zero-order chi connectivity index (χ0) is 13.9. The van der Waals surface area contributed by atoms with Gasteiger partial charge in [0.15, 0.2) is 17.6 Å². The van der Waals surface area contributed by atoms with Crippen molar-refractivity contribution in [1.82, 2.24) is 4.57 Å². The number of hydrogen-bond acceptors (Lipinski definition) is 1. The molecule has 0 atom stereocenters. The van der Waals surface area contributed by atoms with Crippen LogP contribution in [0.15, 0.2) is 60.9 Å². The fourth-order valence-electron chi connectivity index (χ4n) is 2.34. The van der Waals surface area contributed by atoms with Crippen molar-refractivity contribution in [2.75, 3.05) is 5.32 Å². The smallest absolute Gasteiger partial charge is 0.266 e. The Labute approximate surface area is 129 Å². The normalized spacial score (nSPS) is 10.1. The molecule has 1 N–H and O–H groups in total. The van der Waals surface area contributed by atoms with Gasteiger partial charge < -0.3 is 17.7 Å². The van der Waals surface area contributed by atoms with Crippen molar-refractivity contribution < 1.29 is 21.8 Å². The second kappa shape index (κ2) is 6.41. The maximum Gasteiger partial charge on any atom is 0.266 e. The molecule has 1 aromatic heterocycles. The molecule has 0 aliphatic rings. The van der Waals surface area contributed by atoms with Crippen LogP contribution in [0.3, 0.4) is 0 Å². The molecule has 5 heteroatoms. The van der Waals surface area contributed by atoms with Gasteiger partial charge in [-0.15, -0.1) is 0 Å². The molecule has 0 aliphatic heterocycles. The number of carbonyl (C=O) groups is 1. The Morgan fingerprint density at radius 2 is 1.76 bits per heavy atom. The van der Waals surface area contributed by atoms with Gasteiger partial charge in [-0.2, -0.15) is 0 Å². The first-order chi connectivity index (χ1) is 9.74. The SMILES string of the molecule is C[n+]1cn(CC(=O)Nc2ccccc2)c2ccccc21.[Cl-]. The number of nitrogens with one attached hydrogen (secondary N) is 1. The zero-order valence-corrected chi connectivity index (χ0v) is 12.4. The highest BCUT2D eigenvalue weighted by atomic mass is 35.5. The molecular formula is C16H16ClN3O. The van der Waals surface area contributed by atoms with Crippen molar-refractivity contribution in [2.24, 2.45) is 7.05 Å². The first kappa shape index (κ1) is 15.1. The van der Waals surface area contributed by atoms with E-state index in [-0.39, 0.29) is 18.3 Å². The molecule has 108 valence electrons. The van der Waals surface area contributed by atoms with Crippen molar-refractivity contribution in [3.05, 3.63) is 60.9 Å². The first-order valence-corrected chi connectivity index (χ1v) is 6.52. The zero-order valence-electron chi connectivity index (χ0n) is 11.7. The van der Waals surface area contributed by atoms with Crippen LogP contribution in [0.2, 0.25) is 0 Å². The average Bonchev–Trinajstić information content (AvgIpc) is 2.77. The molecule has 2 aromatic carbocycles. The third kappa shape index (κ3) is 3.23. The molecule has 0 spiro atoms. The summed E-state index contributed by atoms with van der Waals surface area (Å²) in [6, 6.07) is 17.5. The van der Waals surface area contributed by atoms with Crippen LogP contribution < -0.4 is 22.3 Å². The molecule has 4 nitrogen and oxygen atoms in total. The fourth-order valence-corrected chi connectivity index (χ4v) is 2.34. The van der Waals surface area contributed by atoms with Gasteiger partial charge in [-0.1, -0.05) is 30.3 Å². The molecule has 3 rings (SSSR count). The van der Waals surface area contributed by atoms with Gasteiger partial charge in [-0.25, -0.2) is 9.13 Å². The minimum absolute atomic E-state index is 0. The Bertz CT molecular complexity index is 753. The Kier molecular flexibility index (Phi) is 4.60. The minimum Gasteiger partial charge on any atom is -1.00 e. The number of anilines is 1. The number of para-hydroxylation sites is 3. The van der Waals surface area contributed by atoms with E-state index in [2.05, 4.69) is 5.32 Å². The summed E-state index contributed by atoms with van der Waals surface area (Å²) in [6.07, 6.45) is 1.94. The molecule has 0 aliphatic carbocycles. The number of aromatic nitrogens is 2. The monoisotopic (exact) mass is 301 g/mol. The van der Waals surface area contributed by atoms with Gasteiger partial charge in [-0.05, 0) is 24.3 Å². The lowest BCUT2D eigenvalue weighted by Gasteiger charge is -2.03. The van der Waals surface area contributed by atoms with Gasteiger partial charge in [-0.3, -0.25) is 4.79 Å². The number of rotatable bonds is 3. The predicted octanol–water partition coefficient (Wildman–Crippen LogP) is -0.891. The summed E-state index contributed by atoms with van der Waals surface area (Å²) in [4.78, 5) is 12.1. The lowest BCUT2D eigenvalue weighted by molar-refractivity contribution is -0.645. The number of amides is 1. The summed E-state index contributed by atoms with van der Waals surface area (Å²) in [6.45, 7) is 0.302. The molecule has 0 unspecified atom stereocenters. The molecule has 0 saturated carbocycles. The van der Waals surface area contributed by atoms with E-state index in [1.165, 1.54) is 0 Å². The highest BCUT2D eigenvalue weighted by Gasteiger charge is 2.15. The molecule has 3 aromatic rings. The third-order valence-electron chi connectivity index (χ3n) is 3.26. The number of aryl methyl sites for hydroxylation is 1. The number of hydrogen-bond donors (Lipinski definition) is 1. The van der Waals surface area contributed by atoms with Crippen molar-refractivity contribution in [1.29, 1.82) is 0 Å². The van der Waals surface area contributed by atoms with Gasteiger partial charge in [0.05, 0.1) is 7.05 Å². The van der Waals surface area contributed by atoms with E-state index < -0.39 is 0 Å². The van der Waals surface area contributed by atoms with Crippen molar-refractivity contribution in [3.63, 3.8) is 0 Å². The topological polar surface area (TPSA) is 37.9 Å². The van der Waals surface area contributed by atoms with Crippen LogP contribution in [0.1, 0.15) is 0 Å². The van der Waals surface area contributed by atoms with Gasteiger partial charge in [0.1, 0.15) is 0 Å². The van der Waals surface area contributed by atoms with Crippen LogP contribution in [-0.4, -0.2) is 10.5 Å². The van der Waals surface area contributed by atoms with Gasteiger partial charge in [0.25, 0.3) is 5.91 Å². The number of halogens is 1. The van der Waals surface area contributed by atoms with Crippen LogP contribution in [0.5, 0.6) is 0 Å². The van der Waals surface area contributed by atoms with Crippen molar-refractivity contribution >= 4 is 22.6 Å². The summed E-state index contributed by atoms with van der Waals surface area (Å²) in [5.74, 6) is -0.0300. The number of imidazole rings is 1. The van der Waals surface area contributed by atoms with E-state index in [0.717, 1.165) is 16.7 Å². The second-order valence-electron chi connectivity index (χ2n) is 4.76. The third-order valence-corrected chi connectivity index (χ3v) is 3.26. The molecule has 0 radical (unpaired) electrons. The van der Waals surface area contributed by atoms with E-state index in [1.54, 1.807) is 0 Å². The van der Waals surface area contributed by atoms with Crippen LogP contribution in [-0.2, 0) is 18.4 Å². The van der Waals surface area contributed by atoms with Gasteiger partial charge in [0.2, 0.25) is 6.33 Å². The minimum atomic E-state index is -0.0300. The summed E-state index contributed by atoms with van der Waals surface area (Å²) in [7, 11) is 1.98. The highest BCUT2D eigenvalue weighted by molar-refractivity contribution is 5.91. The number of nitrogens with zero attached hydrogens (tertiary/aromatic N) is 2. The molecule has 0 fully saturated rings. The van der Waals surface area contributed by atoms with Crippen LogP contribution in [0.25, 0.3) is 11.0 Å². The standard InChI is InChI=1S/C16H15N3O.ClH/c1-18-12-19(15-10-6-5-9-14(15)18)11-16(20)17-13-7-3-2-4-8-13;/h2-10,12H,11H2,1H3;1H.